The summed E-state index contributed by atoms with van der Waals surface area (Å²) in [7, 11) is 6.17. The van der Waals surface area contributed by atoms with Crippen molar-refractivity contribution in [3.63, 3.8) is 0 Å². The summed E-state index contributed by atoms with van der Waals surface area (Å²) in [5.74, 6) is -0.260. The highest BCUT2D eigenvalue weighted by Gasteiger charge is 2.38. The van der Waals surface area contributed by atoms with Crippen molar-refractivity contribution >= 4 is 38.4 Å². The van der Waals surface area contributed by atoms with Gasteiger partial charge < -0.3 is 24.4 Å². The average Bonchev–Trinajstić information content (AvgIpc) is 3.29. The number of allylic oxidation sites excluding steroid dienone is 1. The molecule has 3 aromatic rings. The zero-order valence-electron chi connectivity index (χ0n) is 23.9. The van der Waals surface area contributed by atoms with Crippen LogP contribution in [0.1, 0.15) is 72.7 Å². The number of hydrogen-bond acceptors (Lipinski definition) is 8. The van der Waals surface area contributed by atoms with E-state index in [1.807, 2.05) is 40.0 Å². The van der Waals surface area contributed by atoms with Crippen LogP contribution < -0.4 is 4.90 Å². The molecular formula is C30H38N4O4S. The molecule has 0 amide bonds. The third-order valence-corrected chi connectivity index (χ3v) is 8.50. The maximum atomic E-state index is 12.8. The second-order valence-electron chi connectivity index (χ2n) is 11.7. The zero-order valence-corrected chi connectivity index (χ0v) is 24.7. The van der Waals surface area contributed by atoms with E-state index < -0.39 is 17.7 Å². The second-order valence-corrected chi connectivity index (χ2v) is 12.7. The molecule has 0 fully saturated rings. The van der Waals surface area contributed by atoms with E-state index in [1.54, 1.807) is 11.3 Å². The molecule has 0 spiro atoms. The SMILES string of the molecule is Cc1cc2nc(N(C)CCN(C)C)sc2c([C@@H]2CC=C3OCCc4ccnc2c43)c1[C@H](OC(C)(C)C)C(=O)O. The van der Waals surface area contributed by atoms with E-state index in [0.717, 1.165) is 63.0 Å². The molecule has 0 saturated heterocycles. The molecule has 2 atom stereocenters. The quantitative estimate of drug-likeness (QED) is 0.400. The van der Waals surface area contributed by atoms with Gasteiger partial charge in [0.2, 0.25) is 0 Å². The number of likely N-dealkylation sites (N-methyl/N-ethyl adjacent to an activating group) is 2. The maximum absolute atomic E-state index is 12.8. The molecule has 208 valence electrons. The number of benzene rings is 1. The normalized spacial score (nSPS) is 17.5. The van der Waals surface area contributed by atoms with Crippen molar-refractivity contribution in [2.45, 2.75) is 58.2 Å². The first kappa shape index (κ1) is 27.6. The third-order valence-electron chi connectivity index (χ3n) is 7.28. The standard InChI is InChI=1S/C30H38N4O4S/c1-17-16-20-27(39-29(32-20)34(7)14-13-33(5)6)24(22(17)26(28(35)36)38-30(2,3)4)19-8-9-21-23-18(11-15-37-21)10-12-31-25(19)23/h9-10,12,16,19,26H,8,11,13-15H2,1-7H3,(H,35,36)/t19-,26-/m0/s1. The molecule has 8 nitrogen and oxygen atoms in total. The largest absolute Gasteiger partial charge is 0.493 e. The number of fused-ring (bicyclic) bond motifs is 1. The monoisotopic (exact) mass is 550 g/mol. The lowest BCUT2D eigenvalue weighted by Crippen LogP contribution is -2.29. The van der Waals surface area contributed by atoms with Crippen LogP contribution in [0.3, 0.4) is 0 Å². The fraction of sp³-hybridized carbons (Fsp3) is 0.500. The Morgan fingerprint density at radius 2 is 2.05 bits per heavy atom. The predicted octanol–water partition coefficient (Wildman–Crippen LogP) is 5.39. The Bertz CT molecular complexity index is 1440. The van der Waals surface area contributed by atoms with Crippen LogP contribution in [0, 0.1) is 6.92 Å². The van der Waals surface area contributed by atoms with Gasteiger partial charge in [-0.15, -0.1) is 0 Å². The molecule has 0 unspecified atom stereocenters. The molecule has 2 aromatic heterocycles. The van der Waals surface area contributed by atoms with Crippen molar-refractivity contribution in [2.75, 3.05) is 45.7 Å². The number of carboxylic acids is 1. The Morgan fingerprint density at radius 3 is 2.74 bits per heavy atom. The first-order chi connectivity index (χ1) is 18.4. The van der Waals surface area contributed by atoms with Crippen LogP contribution in [0.4, 0.5) is 5.13 Å². The Balaban J connectivity index is 1.75. The van der Waals surface area contributed by atoms with E-state index in [4.69, 9.17) is 19.4 Å². The number of carboxylic acid groups (broad SMARTS) is 1. The zero-order chi connectivity index (χ0) is 28.1. The number of pyridine rings is 1. The van der Waals surface area contributed by atoms with Gasteiger partial charge in [0.25, 0.3) is 0 Å². The van der Waals surface area contributed by atoms with Gasteiger partial charge in [-0.3, -0.25) is 4.98 Å². The number of thiazole rings is 1. The van der Waals surface area contributed by atoms with Crippen LogP contribution in [0.25, 0.3) is 16.0 Å². The van der Waals surface area contributed by atoms with Crippen LogP contribution in [0.15, 0.2) is 24.4 Å². The van der Waals surface area contributed by atoms with Crippen LogP contribution in [0.5, 0.6) is 0 Å². The second kappa shape index (κ2) is 10.5. The van der Waals surface area contributed by atoms with Gasteiger partial charge in [0, 0.05) is 49.8 Å². The molecule has 3 heterocycles. The summed E-state index contributed by atoms with van der Waals surface area (Å²) < 4.78 is 13.3. The molecule has 1 N–H and O–H groups in total. The minimum atomic E-state index is -1.12. The van der Waals surface area contributed by atoms with E-state index in [9.17, 15) is 9.90 Å². The molecule has 2 aliphatic rings. The van der Waals surface area contributed by atoms with E-state index in [0.29, 0.717) is 18.6 Å². The summed E-state index contributed by atoms with van der Waals surface area (Å²) in [6.45, 7) is 10.0. The molecule has 9 heteroatoms. The van der Waals surface area contributed by atoms with Gasteiger partial charge in [-0.2, -0.15) is 0 Å². The molecule has 0 saturated carbocycles. The molecule has 39 heavy (non-hydrogen) atoms. The van der Waals surface area contributed by atoms with Gasteiger partial charge in [0.15, 0.2) is 11.2 Å². The van der Waals surface area contributed by atoms with Gasteiger partial charge in [-0.25, -0.2) is 9.78 Å². The number of nitrogens with zero attached hydrogens (tertiary/aromatic N) is 4. The summed E-state index contributed by atoms with van der Waals surface area (Å²) in [5.41, 5.74) is 5.95. The molecule has 1 aliphatic carbocycles. The molecule has 0 radical (unpaired) electrons. The lowest BCUT2D eigenvalue weighted by molar-refractivity contribution is -0.160. The van der Waals surface area contributed by atoms with Crippen LogP contribution in [-0.4, -0.2) is 72.4 Å². The Labute approximate surface area is 234 Å². The highest BCUT2D eigenvalue weighted by Crippen LogP contribution is 2.48. The van der Waals surface area contributed by atoms with Crippen molar-refractivity contribution in [3.8, 4) is 0 Å². The summed E-state index contributed by atoms with van der Waals surface area (Å²) in [4.78, 5) is 27.0. The Kier molecular flexibility index (Phi) is 7.43. The average molecular weight is 551 g/mol. The number of rotatable bonds is 8. The summed E-state index contributed by atoms with van der Waals surface area (Å²) >= 11 is 1.61. The highest BCUT2D eigenvalue weighted by molar-refractivity contribution is 7.22. The number of aryl methyl sites for hydroxylation is 1. The van der Waals surface area contributed by atoms with Crippen LogP contribution in [0.2, 0.25) is 0 Å². The predicted molar refractivity (Wildman–Crippen MR) is 156 cm³/mol. The maximum Gasteiger partial charge on any atom is 0.337 e. The van der Waals surface area contributed by atoms with Crippen molar-refractivity contribution in [2.24, 2.45) is 0 Å². The number of aliphatic carboxylic acids is 1. The third kappa shape index (κ3) is 5.40. The van der Waals surface area contributed by atoms with E-state index in [1.165, 1.54) is 5.56 Å². The molecular weight excluding hydrogens is 512 g/mol. The Hall–Kier alpha value is -3.01. The number of hydrogen-bond donors (Lipinski definition) is 1. The Morgan fingerprint density at radius 1 is 1.28 bits per heavy atom. The van der Waals surface area contributed by atoms with Crippen LogP contribution in [-0.2, 0) is 20.7 Å². The van der Waals surface area contributed by atoms with Crippen molar-refractivity contribution in [1.29, 1.82) is 0 Å². The number of anilines is 1. The first-order valence-electron chi connectivity index (χ1n) is 13.5. The molecule has 1 aromatic carbocycles. The molecule has 0 bridgehead atoms. The van der Waals surface area contributed by atoms with Gasteiger partial charge in [0.05, 0.1) is 28.1 Å². The smallest absolute Gasteiger partial charge is 0.337 e. The fourth-order valence-corrected chi connectivity index (χ4v) is 6.63. The topological polar surface area (TPSA) is 88.0 Å². The van der Waals surface area contributed by atoms with Gasteiger partial charge in [0.1, 0.15) is 5.76 Å². The first-order valence-corrected chi connectivity index (χ1v) is 14.3. The lowest BCUT2D eigenvalue weighted by Gasteiger charge is -2.33. The number of ether oxygens (including phenoxy) is 2. The van der Waals surface area contributed by atoms with E-state index in [2.05, 4.69) is 43.1 Å². The fourth-order valence-electron chi connectivity index (χ4n) is 5.49. The minimum Gasteiger partial charge on any atom is -0.493 e. The number of aromatic nitrogens is 2. The highest BCUT2D eigenvalue weighted by atomic mass is 32.1. The van der Waals surface area contributed by atoms with Gasteiger partial charge in [-0.05, 0) is 83.1 Å². The van der Waals surface area contributed by atoms with E-state index in [-0.39, 0.29) is 5.92 Å². The van der Waals surface area contributed by atoms with E-state index >= 15 is 0 Å². The molecule has 5 rings (SSSR count). The van der Waals surface area contributed by atoms with Gasteiger partial charge in [-0.1, -0.05) is 11.3 Å². The molecule has 1 aliphatic heterocycles. The number of carbonyl (C=O) groups is 1. The lowest BCUT2D eigenvalue weighted by atomic mass is 9.78. The van der Waals surface area contributed by atoms with Gasteiger partial charge >= 0.3 is 5.97 Å². The summed E-state index contributed by atoms with van der Waals surface area (Å²) in [6, 6.07) is 4.08. The van der Waals surface area contributed by atoms with Crippen molar-refractivity contribution in [1.82, 2.24) is 14.9 Å². The van der Waals surface area contributed by atoms with Crippen molar-refractivity contribution < 1.29 is 19.4 Å². The summed E-state index contributed by atoms with van der Waals surface area (Å²) in [6.07, 6.45) is 4.38. The minimum absolute atomic E-state index is 0.145. The van der Waals surface area contributed by atoms with Crippen LogP contribution >= 0.6 is 11.3 Å². The summed E-state index contributed by atoms with van der Waals surface area (Å²) in [5, 5.41) is 11.4. The van der Waals surface area contributed by atoms with Crippen molar-refractivity contribution in [3.05, 3.63) is 57.9 Å².